The molecule has 0 radical (unpaired) electrons. The number of pyridine rings is 1. The Morgan fingerprint density at radius 3 is 2.76 bits per heavy atom. The van der Waals surface area contributed by atoms with Crippen molar-refractivity contribution in [3.63, 3.8) is 0 Å². The second-order valence-corrected chi connectivity index (χ2v) is 4.93. The Balaban J connectivity index is 1.68. The number of hydrogen-bond acceptors (Lipinski definition) is 6. The molecule has 0 aliphatic carbocycles. The summed E-state index contributed by atoms with van der Waals surface area (Å²) in [6.45, 7) is -0.158. The van der Waals surface area contributed by atoms with Crippen LogP contribution in [0.1, 0.15) is 6.42 Å². The summed E-state index contributed by atoms with van der Waals surface area (Å²) in [5.41, 5.74) is 0.456. The maximum atomic E-state index is 11.7. The van der Waals surface area contributed by atoms with Crippen molar-refractivity contribution in [1.82, 2.24) is 10.3 Å². The molecule has 2 amide bonds. The summed E-state index contributed by atoms with van der Waals surface area (Å²) in [4.78, 5) is 37.3. The van der Waals surface area contributed by atoms with Crippen LogP contribution in [0.25, 0.3) is 0 Å². The first-order valence-corrected chi connectivity index (χ1v) is 7.38. The molecule has 0 aliphatic rings. The summed E-state index contributed by atoms with van der Waals surface area (Å²) < 4.78 is 5.19. The Morgan fingerprint density at radius 2 is 2.04 bits per heavy atom. The molecule has 0 saturated carbocycles. The minimum Gasteiger partial charge on any atom is -0.484 e. The van der Waals surface area contributed by atoms with Crippen LogP contribution in [0, 0.1) is 10.1 Å². The number of carbonyl (C=O) groups excluding carboxylic acids is 2. The quantitative estimate of drug-likeness (QED) is 0.553. The van der Waals surface area contributed by atoms with E-state index in [-0.39, 0.29) is 36.9 Å². The van der Waals surface area contributed by atoms with E-state index in [1.54, 1.807) is 18.3 Å². The largest absolute Gasteiger partial charge is 0.484 e. The smallest absolute Gasteiger partial charge is 0.273 e. The molecule has 2 rings (SSSR count). The number of anilines is 1. The number of aromatic nitrogens is 1. The minimum absolute atomic E-state index is 0.0947. The van der Waals surface area contributed by atoms with Gasteiger partial charge in [0.1, 0.15) is 5.75 Å². The van der Waals surface area contributed by atoms with Gasteiger partial charge >= 0.3 is 0 Å². The van der Waals surface area contributed by atoms with Crippen LogP contribution in [-0.4, -0.2) is 34.9 Å². The van der Waals surface area contributed by atoms with Gasteiger partial charge in [-0.05, 0) is 18.2 Å². The molecule has 0 spiro atoms. The molecule has 1 aromatic carbocycles. The van der Waals surface area contributed by atoms with E-state index in [4.69, 9.17) is 4.74 Å². The number of carbonyl (C=O) groups is 2. The lowest BCUT2D eigenvalue weighted by Gasteiger charge is -2.08. The molecule has 1 heterocycles. The van der Waals surface area contributed by atoms with Gasteiger partial charge < -0.3 is 15.4 Å². The van der Waals surface area contributed by atoms with Crippen LogP contribution in [-0.2, 0) is 9.59 Å². The van der Waals surface area contributed by atoms with Crippen LogP contribution >= 0.6 is 0 Å². The number of rotatable bonds is 8. The normalized spacial score (nSPS) is 9.92. The zero-order valence-corrected chi connectivity index (χ0v) is 13.2. The highest BCUT2D eigenvalue weighted by Crippen LogP contribution is 2.18. The number of nitrogens with zero attached hydrogens (tertiary/aromatic N) is 2. The molecule has 25 heavy (non-hydrogen) atoms. The average molecular weight is 344 g/mol. The number of benzene rings is 1. The standard InChI is InChI=1S/C16H16N4O5/c21-15(19-12-3-2-7-17-10-12)6-8-18-16(22)11-25-14-5-1-4-13(9-14)20(23)24/h1-5,7,9-10H,6,8,11H2,(H,18,22)(H,19,21). The molecule has 2 N–H and O–H groups in total. The predicted molar refractivity (Wildman–Crippen MR) is 89.1 cm³/mol. The fourth-order valence-electron chi connectivity index (χ4n) is 1.86. The van der Waals surface area contributed by atoms with Crippen molar-refractivity contribution in [3.05, 3.63) is 58.9 Å². The molecule has 2 aromatic rings. The van der Waals surface area contributed by atoms with Crippen LogP contribution in [0.5, 0.6) is 5.75 Å². The summed E-state index contributed by atoms with van der Waals surface area (Å²) in [6, 6.07) is 8.94. The lowest BCUT2D eigenvalue weighted by atomic mass is 10.3. The highest BCUT2D eigenvalue weighted by Gasteiger charge is 2.09. The summed E-state index contributed by atoms with van der Waals surface area (Å²) in [5.74, 6) is -0.466. The minimum atomic E-state index is -0.548. The highest BCUT2D eigenvalue weighted by molar-refractivity contribution is 5.91. The molecular formula is C16H16N4O5. The third-order valence-corrected chi connectivity index (χ3v) is 3.02. The predicted octanol–water partition coefficient (Wildman–Crippen LogP) is 1.51. The number of nitro groups is 1. The van der Waals surface area contributed by atoms with Gasteiger partial charge in [0.05, 0.1) is 22.9 Å². The van der Waals surface area contributed by atoms with Gasteiger partial charge in [-0.3, -0.25) is 24.7 Å². The van der Waals surface area contributed by atoms with E-state index in [9.17, 15) is 19.7 Å². The van der Waals surface area contributed by atoms with Crippen molar-refractivity contribution in [3.8, 4) is 5.75 Å². The molecule has 0 atom stereocenters. The van der Waals surface area contributed by atoms with Crippen LogP contribution in [0.15, 0.2) is 48.8 Å². The van der Waals surface area contributed by atoms with Crippen molar-refractivity contribution in [1.29, 1.82) is 0 Å². The fourth-order valence-corrected chi connectivity index (χ4v) is 1.86. The summed E-state index contributed by atoms with van der Waals surface area (Å²) in [6.07, 6.45) is 3.21. The van der Waals surface area contributed by atoms with Crippen molar-refractivity contribution in [2.75, 3.05) is 18.5 Å². The number of hydrogen-bond donors (Lipinski definition) is 2. The van der Waals surface area contributed by atoms with Crippen molar-refractivity contribution in [2.45, 2.75) is 6.42 Å². The molecule has 130 valence electrons. The van der Waals surface area contributed by atoms with E-state index < -0.39 is 10.8 Å². The highest BCUT2D eigenvalue weighted by atomic mass is 16.6. The molecule has 9 heteroatoms. The third kappa shape index (κ3) is 6.26. The number of ether oxygens (including phenoxy) is 1. The zero-order chi connectivity index (χ0) is 18.1. The molecule has 9 nitrogen and oxygen atoms in total. The second-order valence-electron chi connectivity index (χ2n) is 4.93. The Morgan fingerprint density at radius 1 is 1.20 bits per heavy atom. The number of nitro benzene ring substituents is 1. The molecule has 0 unspecified atom stereocenters. The van der Waals surface area contributed by atoms with E-state index in [0.29, 0.717) is 5.69 Å². The first-order chi connectivity index (χ1) is 12.0. The second kappa shape index (κ2) is 8.96. The fraction of sp³-hybridized carbons (Fsp3) is 0.188. The van der Waals surface area contributed by atoms with Gasteiger partial charge in [-0.2, -0.15) is 0 Å². The van der Waals surface area contributed by atoms with Gasteiger partial charge in [0, 0.05) is 25.2 Å². The first kappa shape index (κ1) is 17.9. The first-order valence-electron chi connectivity index (χ1n) is 7.38. The van der Waals surface area contributed by atoms with Gasteiger partial charge in [-0.15, -0.1) is 0 Å². The van der Waals surface area contributed by atoms with E-state index in [1.165, 1.54) is 30.5 Å². The van der Waals surface area contributed by atoms with Crippen LogP contribution in [0.3, 0.4) is 0 Å². The van der Waals surface area contributed by atoms with E-state index >= 15 is 0 Å². The van der Waals surface area contributed by atoms with E-state index in [1.807, 2.05) is 0 Å². The van der Waals surface area contributed by atoms with Gasteiger partial charge in [-0.1, -0.05) is 6.07 Å². The Hall–Kier alpha value is -3.49. The lowest BCUT2D eigenvalue weighted by Crippen LogP contribution is -2.31. The van der Waals surface area contributed by atoms with Gasteiger partial charge in [0.25, 0.3) is 11.6 Å². The maximum absolute atomic E-state index is 11.7. The van der Waals surface area contributed by atoms with Crippen LogP contribution in [0.4, 0.5) is 11.4 Å². The SMILES string of the molecule is O=C(COc1cccc([N+](=O)[O-])c1)NCCC(=O)Nc1cccnc1. The summed E-state index contributed by atoms with van der Waals surface area (Å²) in [5, 5.41) is 15.8. The molecule has 0 aliphatic heterocycles. The Bertz CT molecular complexity index is 751. The summed E-state index contributed by atoms with van der Waals surface area (Å²) in [7, 11) is 0. The number of amides is 2. The van der Waals surface area contributed by atoms with Gasteiger partial charge in [0.2, 0.25) is 5.91 Å². The number of non-ortho nitro benzene ring substituents is 1. The monoisotopic (exact) mass is 344 g/mol. The van der Waals surface area contributed by atoms with E-state index in [2.05, 4.69) is 15.6 Å². The van der Waals surface area contributed by atoms with Gasteiger partial charge in [0.15, 0.2) is 6.61 Å². The van der Waals surface area contributed by atoms with E-state index in [0.717, 1.165) is 0 Å². The molecule has 0 saturated heterocycles. The Labute approximate surface area is 143 Å². The zero-order valence-electron chi connectivity index (χ0n) is 13.2. The lowest BCUT2D eigenvalue weighted by molar-refractivity contribution is -0.384. The molecule has 0 fully saturated rings. The van der Waals surface area contributed by atoms with Crippen LogP contribution in [0.2, 0.25) is 0 Å². The van der Waals surface area contributed by atoms with Crippen LogP contribution < -0.4 is 15.4 Å². The Kier molecular flexibility index (Phi) is 6.40. The van der Waals surface area contributed by atoms with Gasteiger partial charge in [-0.25, -0.2) is 0 Å². The van der Waals surface area contributed by atoms with Crippen molar-refractivity contribution in [2.24, 2.45) is 0 Å². The maximum Gasteiger partial charge on any atom is 0.273 e. The number of nitrogens with one attached hydrogen (secondary N) is 2. The molecular weight excluding hydrogens is 328 g/mol. The van der Waals surface area contributed by atoms with Crippen molar-refractivity contribution >= 4 is 23.2 Å². The third-order valence-electron chi connectivity index (χ3n) is 3.02. The molecule has 0 bridgehead atoms. The summed E-state index contributed by atoms with van der Waals surface area (Å²) >= 11 is 0. The molecule has 1 aromatic heterocycles. The van der Waals surface area contributed by atoms with Crippen molar-refractivity contribution < 1.29 is 19.2 Å². The topological polar surface area (TPSA) is 123 Å². The average Bonchev–Trinajstić information content (AvgIpc) is 2.61.